The Labute approximate surface area is 118 Å². The van der Waals surface area contributed by atoms with Gasteiger partial charge in [0, 0.05) is 11.6 Å². The van der Waals surface area contributed by atoms with E-state index in [0.717, 1.165) is 0 Å². The first-order chi connectivity index (χ1) is 9.65. The molecule has 0 atom stereocenters. The maximum atomic E-state index is 11.5. The summed E-state index contributed by atoms with van der Waals surface area (Å²) in [6.45, 7) is 0.116. The highest BCUT2D eigenvalue weighted by atomic mass is 16.5. The maximum Gasteiger partial charge on any atom is 0.311 e. The van der Waals surface area contributed by atoms with Gasteiger partial charge >= 0.3 is 5.97 Å². The molecule has 0 unspecified atom stereocenters. The number of aliphatic imine (C=N–C) groups is 1. The van der Waals surface area contributed by atoms with Crippen molar-refractivity contribution >= 4 is 11.7 Å². The van der Waals surface area contributed by atoms with Gasteiger partial charge in [-0.15, -0.1) is 0 Å². The zero-order chi connectivity index (χ0) is 15.0. The quantitative estimate of drug-likeness (QED) is 0.597. The molecule has 6 heteroatoms. The van der Waals surface area contributed by atoms with Gasteiger partial charge in [0.1, 0.15) is 11.5 Å². The Hall–Kier alpha value is -2.08. The van der Waals surface area contributed by atoms with Gasteiger partial charge in [-0.3, -0.25) is 9.79 Å². The van der Waals surface area contributed by atoms with Crippen LogP contribution in [0, 0.1) is 0 Å². The van der Waals surface area contributed by atoms with Crippen LogP contribution in [-0.2, 0) is 9.53 Å². The second-order valence-corrected chi connectivity index (χ2v) is 3.87. The Kier molecular flexibility index (Phi) is 6.52. The summed E-state index contributed by atoms with van der Waals surface area (Å²) in [6.07, 6.45) is 0.0131. The van der Waals surface area contributed by atoms with E-state index in [4.69, 9.17) is 14.6 Å². The van der Waals surface area contributed by atoms with Crippen LogP contribution in [0.1, 0.15) is 12.0 Å². The van der Waals surface area contributed by atoms with Crippen LogP contribution in [0.25, 0.3) is 0 Å². The van der Waals surface area contributed by atoms with Crippen LogP contribution >= 0.6 is 0 Å². The molecule has 1 aromatic rings. The molecule has 0 aliphatic carbocycles. The molecule has 1 N–H and O–H groups in total. The summed E-state index contributed by atoms with van der Waals surface area (Å²) < 4.78 is 15.1. The average molecular weight is 281 g/mol. The van der Waals surface area contributed by atoms with Gasteiger partial charge in [-0.25, -0.2) is 0 Å². The van der Waals surface area contributed by atoms with Crippen LogP contribution in [0.4, 0.5) is 0 Å². The van der Waals surface area contributed by atoms with Crippen molar-refractivity contribution < 1.29 is 24.1 Å². The van der Waals surface area contributed by atoms with E-state index in [-0.39, 0.29) is 19.6 Å². The zero-order valence-electron chi connectivity index (χ0n) is 11.9. The summed E-state index contributed by atoms with van der Waals surface area (Å²) in [5, 5.41) is 8.89. The lowest BCUT2D eigenvalue weighted by atomic mass is 10.1. The molecule has 0 saturated heterocycles. The fraction of sp³-hybridized carbons (Fsp3) is 0.429. The van der Waals surface area contributed by atoms with Gasteiger partial charge in [0.05, 0.1) is 46.6 Å². The minimum atomic E-state index is -0.403. The van der Waals surface area contributed by atoms with Crippen molar-refractivity contribution in [2.24, 2.45) is 4.99 Å². The third-order valence-corrected chi connectivity index (χ3v) is 2.66. The molecule has 0 heterocycles. The van der Waals surface area contributed by atoms with Crippen LogP contribution < -0.4 is 9.47 Å². The molecule has 0 fully saturated rings. The molecule has 0 aromatic heterocycles. The number of carbonyl (C=O) groups excluding carboxylic acids is 1. The van der Waals surface area contributed by atoms with Crippen molar-refractivity contribution in [1.29, 1.82) is 0 Å². The molecular formula is C14H19NO5. The number of aliphatic hydroxyl groups excluding tert-OH is 1. The van der Waals surface area contributed by atoms with Gasteiger partial charge < -0.3 is 19.3 Å². The Balaban J connectivity index is 3.15. The van der Waals surface area contributed by atoms with Crippen LogP contribution in [0.5, 0.6) is 11.5 Å². The van der Waals surface area contributed by atoms with E-state index in [1.54, 1.807) is 25.3 Å². The Bertz CT molecular complexity index is 484. The predicted molar refractivity (Wildman–Crippen MR) is 74.7 cm³/mol. The zero-order valence-corrected chi connectivity index (χ0v) is 11.9. The Morgan fingerprint density at radius 2 is 2.00 bits per heavy atom. The number of rotatable bonds is 7. The van der Waals surface area contributed by atoms with E-state index in [1.165, 1.54) is 14.2 Å². The normalized spacial score (nSPS) is 11.1. The number of ether oxygens (including phenoxy) is 3. The van der Waals surface area contributed by atoms with E-state index in [1.807, 2.05) is 0 Å². The summed E-state index contributed by atoms with van der Waals surface area (Å²) in [5.74, 6) is 0.787. The number of aliphatic hydroxyl groups is 1. The molecule has 0 bridgehead atoms. The van der Waals surface area contributed by atoms with Crippen molar-refractivity contribution in [2.45, 2.75) is 6.42 Å². The molecular weight excluding hydrogens is 262 g/mol. The monoisotopic (exact) mass is 281 g/mol. The van der Waals surface area contributed by atoms with Crippen molar-refractivity contribution in [3.05, 3.63) is 23.8 Å². The molecule has 6 nitrogen and oxygen atoms in total. The van der Waals surface area contributed by atoms with Gasteiger partial charge in [0.15, 0.2) is 0 Å². The highest BCUT2D eigenvalue weighted by Crippen LogP contribution is 2.26. The summed E-state index contributed by atoms with van der Waals surface area (Å²) in [6, 6.07) is 5.22. The molecule has 0 saturated carbocycles. The molecule has 0 radical (unpaired) electrons. The lowest BCUT2D eigenvalue weighted by molar-refractivity contribution is -0.139. The Morgan fingerprint density at radius 1 is 1.25 bits per heavy atom. The second-order valence-electron chi connectivity index (χ2n) is 3.87. The van der Waals surface area contributed by atoms with E-state index >= 15 is 0 Å². The summed E-state index contributed by atoms with van der Waals surface area (Å²) in [4.78, 5) is 15.7. The summed E-state index contributed by atoms with van der Waals surface area (Å²) in [7, 11) is 4.40. The molecule has 0 aliphatic rings. The SMILES string of the molecule is COC(=O)CC(=NCCO)c1ccc(OC)cc1OC. The van der Waals surface area contributed by atoms with Crippen LogP contribution in [0.15, 0.2) is 23.2 Å². The number of esters is 1. The van der Waals surface area contributed by atoms with Crippen LogP contribution in [0.3, 0.4) is 0 Å². The Morgan fingerprint density at radius 3 is 2.55 bits per heavy atom. The molecule has 0 amide bonds. The molecule has 0 spiro atoms. The molecule has 1 rings (SSSR count). The van der Waals surface area contributed by atoms with Gasteiger partial charge in [0.2, 0.25) is 0 Å². The van der Waals surface area contributed by atoms with Crippen molar-refractivity contribution in [1.82, 2.24) is 0 Å². The molecule has 110 valence electrons. The van der Waals surface area contributed by atoms with Gasteiger partial charge in [0.25, 0.3) is 0 Å². The lowest BCUT2D eigenvalue weighted by Crippen LogP contribution is -2.13. The van der Waals surface area contributed by atoms with Crippen LogP contribution in [0.2, 0.25) is 0 Å². The van der Waals surface area contributed by atoms with Gasteiger partial charge in [-0.2, -0.15) is 0 Å². The summed E-state index contributed by atoms with van der Waals surface area (Å²) >= 11 is 0. The van der Waals surface area contributed by atoms with Gasteiger partial charge in [-0.1, -0.05) is 0 Å². The maximum absolute atomic E-state index is 11.5. The fourth-order valence-electron chi connectivity index (χ4n) is 1.67. The highest BCUT2D eigenvalue weighted by molar-refractivity contribution is 6.11. The van der Waals surface area contributed by atoms with Crippen molar-refractivity contribution in [3.8, 4) is 11.5 Å². The number of nitrogens with zero attached hydrogens (tertiary/aromatic N) is 1. The molecule has 0 aliphatic heterocycles. The first kappa shape index (κ1) is 16.0. The number of carbonyl (C=O) groups is 1. The second kappa shape index (κ2) is 8.16. The minimum absolute atomic E-state index is 0.0131. The standard InChI is InChI=1S/C14H19NO5/c1-18-10-4-5-11(13(8-10)19-2)12(15-6-7-16)9-14(17)20-3/h4-5,8,16H,6-7,9H2,1-3H3. The number of methoxy groups -OCH3 is 3. The van der Waals surface area contributed by atoms with E-state index in [2.05, 4.69) is 9.73 Å². The predicted octanol–water partition coefficient (Wildman–Crippen LogP) is 1.05. The van der Waals surface area contributed by atoms with Crippen LogP contribution in [-0.4, -0.2) is 51.3 Å². The van der Waals surface area contributed by atoms with E-state index in [0.29, 0.717) is 22.8 Å². The first-order valence-corrected chi connectivity index (χ1v) is 6.09. The highest BCUT2D eigenvalue weighted by Gasteiger charge is 2.15. The fourth-order valence-corrected chi connectivity index (χ4v) is 1.67. The molecule has 1 aromatic carbocycles. The average Bonchev–Trinajstić information content (AvgIpc) is 2.50. The first-order valence-electron chi connectivity index (χ1n) is 6.09. The number of hydrogen-bond acceptors (Lipinski definition) is 6. The lowest BCUT2D eigenvalue weighted by Gasteiger charge is -2.12. The van der Waals surface area contributed by atoms with Crippen molar-refractivity contribution in [2.75, 3.05) is 34.5 Å². The number of benzene rings is 1. The van der Waals surface area contributed by atoms with E-state index < -0.39 is 5.97 Å². The topological polar surface area (TPSA) is 77.4 Å². The number of hydrogen-bond donors (Lipinski definition) is 1. The smallest absolute Gasteiger partial charge is 0.311 e. The van der Waals surface area contributed by atoms with Gasteiger partial charge in [-0.05, 0) is 12.1 Å². The minimum Gasteiger partial charge on any atom is -0.497 e. The summed E-state index contributed by atoms with van der Waals surface area (Å²) in [5.41, 5.74) is 1.18. The van der Waals surface area contributed by atoms with E-state index in [9.17, 15) is 4.79 Å². The van der Waals surface area contributed by atoms with Crippen molar-refractivity contribution in [3.63, 3.8) is 0 Å². The largest absolute Gasteiger partial charge is 0.497 e. The third kappa shape index (κ3) is 4.24. The third-order valence-electron chi connectivity index (χ3n) is 2.66. The molecule has 20 heavy (non-hydrogen) atoms.